The molecule has 0 aliphatic carbocycles. The van der Waals surface area contributed by atoms with Gasteiger partial charge in [-0.15, -0.1) is 0 Å². The molecule has 0 saturated heterocycles. The van der Waals surface area contributed by atoms with Crippen LogP contribution in [0.15, 0.2) is 16.6 Å². The average molecular weight is 287 g/mol. The smallest absolute Gasteiger partial charge is 0.234 e. The zero-order chi connectivity index (χ0) is 12.3. The maximum absolute atomic E-state index is 10.8. The van der Waals surface area contributed by atoms with Gasteiger partial charge in [-0.1, -0.05) is 6.07 Å². The normalized spacial score (nSPS) is 12.4. The van der Waals surface area contributed by atoms with E-state index in [2.05, 4.69) is 21.2 Å². The highest BCUT2D eigenvalue weighted by atomic mass is 79.9. The third-order valence-corrected chi connectivity index (χ3v) is 2.92. The van der Waals surface area contributed by atoms with Crippen molar-refractivity contribution in [3.05, 3.63) is 27.7 Å². The molecular weight excluding hydrogens is 272 g/mol. The number of primary amides is 1. The van der Waals surface area contributed by atoms with E-state index in [0.29, 0.717) is 11.0 Å². The average Bonchev–Trinajstić information content (AvgIpc) is 2.20. The maximum Gasteiger partial charge on any atom is 0.234 e. The van der Waals surface area contributed by atoms with E-state index in [9.17, 15) is 9.90 Å². The van der Waals surface area contributed by atoms with Gasteiger partial charge in [-0.25, -0.2) is 0 Å². The molecule has 4 nitrogen and oxygen atoms in total. The van der Waals surface area contributed by atoms with Gasteiger partial charge in [-0.05, 0) is 41.4 Å². The molecule has 0 heterocycles. The fourth-order valence-electron chi connectivity index (χ4n) is 1.30. The first-order valence-electron chi connectivity index (χ1n) is 4.92. The van der Waals surface area contributed by atoms with Crippen molar-refractivity contribution in [2.75, 3.05) is 0 Å². The van der Waals surface area contributed by atoms with Gasteiger partial charge in [0, 0.05) is 12.1 Å². The SMILES string of the molecule is Cc1cc(Br)c(O)c(CNC(C)C(N)=O)c1. The van der Waals surface area contributed by atoms with Crippen LogP contribution in [0.2, 0.25) is 0 Å². The van der Waals surface area contributed by atoms with Crippen LogP contribution in [0, 0.1) is 6.92 Å². The number of carbonyl (C=O) groups excluding carboxylic acids is 1. The van der Waals surface area contributed by atoms with Crippen LogP contribution in [0.25, 0.3) is 0 Å². The largest absolute Gasteiger partial charge is 0.506 e. The van der Waals surface area contributed by atoms with Crippen LogP contribution in [0.1, 0.15) is 18.1 Å². The van der Waals surface area contributed by atoms with E-state index < -0.39 is 11.9 Å². The second-order valence-electron chi connectivity index (χ2n) is 3.76. The quantitative estimate of drug-likeness (QED) is 0.784. The minimum Gasteiger partial charge on any atom is -0.506 e. The number of phenolic OH excluding ortho intramolecular Hbond substituents is 1. The number of nitrogens with one attached hydrogen (secondary N) is 1. The standard InChI is InChI=1S/C11H15BrN2O2/c1-6-3-8(10(15)9(12)4-6)5-14-7(2)11(13)16/h3-4,7,14-15H,5H2,1-2H3,(H2,13,16). The van der Waals surface area contributed by atoms with Gasteiger partial charge in [0.15, 0.2) is 0 Å². The third kappa shape index (κ3) is 3.21. The van der Waals surface area contributed by atoms with Crippen LogP contribution in [-0.2, 0) is 11.3 Å². The molecule has 1 aromatic carbocycles. The minimum atomic E-state index is -0.418. The van der Waals surface area contributed by atoms with Gasteiger partial charge in [-0.3, -0.25) is 4.79 Å². The van der Waals surface area contributed by atoms with Crippen molar-refractivity contribution in [2.24, 2.45) is 5.73 Å². The summed E-state index contributed by atoms with van der Waals surface area (Å²) in [7, 11) is 0. The van der Waals surface area contributed by atoms with Crippen LogP contribution in [0.4, 0.5) is 0 Å². The molecule has 16 heavy (non-hydrogen) atoms. The Labute approximate surface area is 103 Å². The van der Waals surface area contributed by atoms with E-state index in [1.807, 2.05) is 19.1 Å². The number of hydrogen-bond acceptors (Lipinski definition) is 3. The maximum atomic E-state index is 10.8. The molecule has 0 aliphatic rings. The Morgan fingerprint density at radius 3 is 2.81 bits per heavy atom. The highest BCUT2D eigenvalue weighted by Gasteiger charge is 2.10. The Balaban J connectivity index is 2.78. The van der Waals surface area contributed by atoms with Crippen molar-refractivity contribution in [3.63, 3.8) is 0 Å². The lowest BCUT2D eigenvalue weighted by Gasteiger charge is -2.12. The first-order chi connectivity index (χ1) is 7.41. The Morgan fingerprint density at radius 1 is 1.62 bits per heavy atom. The van der Waals surface area contributed by atoms with Crippen molar-refractivity contribution in [1.29, 1.82) is 0 Å². The number of phenols is 1. The fourth-order valence-corrected chi connectivity index (χ4v) is 1.92. The number of aromatic hydroxyl groups is 1. The molecule has 1 amide bonds. The molecule has 88 valence electrons. The van der Waals surface area contributed by atoms with Gasteiger partial charge in [-0.2, -0.15) is 0 Å². The number of amides is 1. The monoisotopic (exact) mass is 286 g/mol. The molecule has 5 heteroatoms. The van der Waals surface area contributed by atoms with Crippen LogP contribution in [0.3, 0.4) is 0 Å². The number of halogens is 1. The Morgan fingerprint density at radius 2 is 2.25 bits per heavy atom. The summed E-state index contributed by atoms with van der Waals surface area (Å²) in [6.45, 7) is 4.02. The molecule has 0 bridgehead atoms. The first kappa shape index (κ1) is 13.0. The van der Waals surface area contributed by atoms with Crippen LogP contribution in [-0.4, -0.2) is 17.1 Å². The summed E-state index contributed by atoms with van der Waals surface area (Å²) in [5.41, 5.74) is 6.90. The molecule has 0 fully saturated rings. The molecule has 1 atom stereocenters. The fraction of sp³-hybridized carbons (Fsp3) is 0.364. The number of benzene rings is 1. The van der Waals surface area contributed by atoms with Crippen molar-refractivity contribution in [3.8, 4) is 5.75 Å². The highest BCUT2D eigenvalue weighted by Crippen LogP contribution is 2.29. The lowest BCUT2D eigenvalue weighted by Crippen LogP contribution is -2.38. The Hall–Kier alpha value is -1.07. The summed E-state index contributed by atoms with van der Waals surface area (Å²) in [5.74, 6) is -0.221. The highest BCUT2D eigenvalue weighted by molar-refractivity contribution is 9.10. The van der Waals surface area contributed by atoms with Crippen LogP contribution >= 0.6 is 15.9 Å². The van der Waals surface area contributed by atoms with Crippen molar-refractivity contribution < 1.29 is 9.90 Å². The van der Waals surface area contributed by atoms with Gasteiger partial charge in [0.1, 0.15) is 5.75 Å². The summed E-state index contributed by atoms with van der Waals surface area (Å²) in [5, 5.41) is 12.7. The number of carbonyl (C=O) groups is 1. The molecule has 1 unspecified atom stereocenters. The third-order valence-electron chi connectivity index (χ3n) is 2.31. The topological polar surface area (TPSA) is 75.3 Å². The molecule has 0 radical (unpaired) electrons. The summed E-state index contributed by atoms with van der Waals surface area (Å²) in [6.07, 6.45) is 0. The number of hydrogen-bond donors (Lipinski definition) is 3. The van der Waals surface area contributed by atoms with E-state index in [1.165, 1.54) is 0 Å². The summed E-state index contributed by atoms with van der Waals surface area (Å²) in [6, 6.07) is 3.27. The number of rotatable bonds is 4. The molecule has 4 N–H and O–H groups in total. The predicted molar refractivity (Wildman–Crippen MR) is 66.0 cm³/mol. The second-order valence-corrected chi connectivity index (χ2v) is 4.61. The zero-order valence-electron chi connectivity index (χ0n) is 9.25. The molecule has 1 rings (SSSR count). The summed E-state index contributed by atoms with van der Waals surface area (Å²) in [4.78, 5) is 10.8. The van der Waals surface area contributed by atoms with Gasteiger partial charge < -0.3 is 16.2 Å². The molecule has 1 aromatic rings. The van der Waals surface area contributed by atoms with Crippen molar-refractivity contribution in [1.82, 2.24) is 5.32 Å². The van der Waals surface area contributed by atoms with Crippen LogP contribution in [0.5, 0.6) is 5.75 Å². The summed E-state index contributed by atoms with van der Waals surface area (Å²) < 4.78 is 0.649. The van der Waals surface area contributed by atoms with Gasteiger partial charge in [0.05, 0.1) is 10.5 Å². The van der Waals surface area contributed by atoms with Crippen molar-refractivity contribution in [2.45, 2.75) is 26.4 Å². The van der Waals surface area contributed by atoms with Crippen LogP contribution < -0.4 is 11.1 Å². The first-order valence-corrected chi connectivity index (χ1v) is 5.71. The zero-order valence-corrected chi connectivity index (χ0v) is 10.8. The lowest BCUT2D eigenvalue weighted by molar-refractivity contribution is -0.119. The van der Waals surface area contributed by atoms with Gasteiger partial charge in [0.2, 0.25) is 5.91 Å². The number of aryl methyl sites for hydroxylation is 1. The summed E-state index contributed by atoms with van der Waals surface area (Å²) >= 11 is 3.26. The predicted octanol–water partition coefficient (Wildman–Crippen LogP) is 1.43. The van der Waals surface area contributed by atoms with Gasteiger partial charge in [0.25, 0.3) is 0 Å². The second kappa shape index (κ2) is 5.32. The molecule has 0 aliphatic heterocycles. The van der Waals surface area contributed by atoms with E-state index in [1.54, 1.807) is 6.92 Å². The Kier molecular flexibility index (Phi) is 4.32. The number of nitrogens with two attached hydrogens (primary N) is 1. The molecule has 0 spiro atoms. The van der Waals surface area contributed by atoms with E-state index in [-0.39, 0.29) is 5.75 Å². The van der Waals surface area contributed by atoms with E-state index in [0.717, 1.165) is 11.1 Å². The van der Waals surface area contributed by atoms with Crippen molar-refractivity contribution >= 4 is 21.8 Å². The lowest BCUT2D eigenvalue weighted by atomic mass is 10.1. The Bertz CT molecular complexity index is 407. The minimum absolute atomic E-state index is 0.190. The van der Waals surface area contributed by atoms with E-state index in [4.69, 9.17) is 5.73 Å². The van der Waals surface area contributed by atoms with Gasteiger partial charge >= 0.3 is 0 Å². The van der Waals surface area contributed by atoms with E-state index >= 15 is 0 Å². The molecule has 0 saturated carbocycles. The molecule has 0 aromatic heterocycles. The molecular formula is C11H15BrN2O2.